The molecule has 0 aliphatic carbocycles. The van der Waals surface area contributed by atoms with Crippen LogP contribution in [0.4, 0.5) is 10.5 Å². The summed E-state index contributed by atoms with van der Waals surface area (Å²) in [7, 11) is 0. The molecule has 10 nitrogen and oxygen atoms in total. The van der Waals surface area contributed by atoms with Gasteiger partial charge in [0.05, 0.1) is 18.2 Å². The number of urea groups is 1. The van der Waals surface area contributed by atoms with E-state index in [-0.39, 0.29) is 24.7 Å². The predicted molar refractivity (Wildman–Crippen MR) is 117 cm³/mol. The van der Waals surface area contributed by atoms with Crippen molar-refractivity contribution in [3.05, 3.63) is 47.5 Å². The van der Waals surface area contributed by atoms with Gasteiger partial charge in [-0.3, -0.25) is 25.0 Å². The molecule has 3 N–H and O–H groups in total. The molecule has 33 heavy (non-hydrogen) atoms. The molecule has 172 valence electrons. The Morgan fingerprint density at radius 3 is 2.67 bits per heavy atom. The molecule has 1 aromatic heterocycles. The number of Topliss-reactive ketones (excluding diaryl/α,β-unsaturated/α-hetero) is 1. The van der Waals surface area contributed by atoms with E-state index in [0.717, 1.165) is 17.1 Å². The summed E-state index contributed by atoms with van der Waals surface area (Å²) in [5.41, 5.74) is 0.552. The number of imidazole rings is 1. The number of carbonyl (C=O) groups is 4. The lowest BCUT2D eigenvalue weighted by Gasteiger charge is -2.55. The zero-order valence-electron chi connectivity index (χ0n) is 18.4. The second kappa shape index (κ2) is 7.80. The van der Waals surface area contributed by atoms with Crippen LogP contribution in [0.15, 0.2) is 30.6 Å². The predicted octanol–water partition coefficient (Wildman–Crippen LogP) is 1.12. The highest BCUT2D eigenvalue weighted by molar-refractivity contribution is 6.20. The molecule has 5 rings (SSSR count). The fourth-order valence-electron chi connectivity index (χ4n) is 5.43. The maximum atomic E-state index is 13.2. The number of aryl methyl sites for hydroxylation is 1. The van der Waals surface area contributed by atoms with Crippen LogP contribution in [0.5, 0.6) is 0 Å². The first-order valence-corrected chi connectivity index (χ1v) is 11.0. The molecule has 10 heteroatoms. The van der Waals surface area contributed by atoms with Crippen molar-refractivity contribution in [1.29, 1.82) is 0 Å². The lowest BCUT2D eigenvalue weighted by molar-refractivity contribution is -0.153. The van der Waals surface area contributed by atoms with E-state index in [1.54, 1.807) is 24.5 Å². The number of aromatic amines is 1. The van der Waals surface area contributed by atoms with Gasteiger partial charge >= 0.3 is 6.03 Å². The van der Waals surface area contributed by atoms with Crippen LogP contribution >= 0.6 is 0 Å². The van der Waals surface area contributed by atoms with Crippen molar-refractivity contribution < 1.29 is 23.9 Å². The smallest absolute Gasteiger partial charge is 0.328 e. The Kier molecular flexibility index (Phi) is 5.04. The standard InChI is InChI=1S/C23H25N5O5/c1-12-11-28-16-4-3-14(17(29)5-6-18-24-7-8-25-18)9-15(16)10-23(19(28)13(2)33-12)20(30)26-22(32)27-21(23)31/h3-4,7-9,12-13,19H,5-6,10-11H2,1-2H3,(H,24,25)(H2,26,27,30,31,32)/t12-,13+,19-/m1/s1. The third kappa shape index (κ3) is 3.41. The molecule has 3 atom stereocenters. The maximum Gasteiger partial charge on any atom is 0.328 e. The van der Waals surface area contributed by atoms with Crippen molar-refractivity contribution in [2.75, 3.05) is 11.4 Å². The topological polar surface area (TPSA) is 133 Å². The van der Waals surface area contributed by atoms with Gasteiger partial charge in [0.25, 0.3) is 0 Å². The summed E-state index contributed by atoms with van der Waals surface area (Å²) in [6.07, 6.45) is 3.64. The summed E-state index contributed by atoms with van der Waals surface area (Å²) in [6, 6.07) is 4.01. The van der Waals surface area contributed by atoms with E-state index in [1.165, 1.54) is 0 Å². The van der Waals surface area contributed by atoms with Crippen molar-refractivity contribution in [2.45, 2.75) is 51.4 Å². The number of morpholine rings is 1. The minimum atomic E-state index is -1.55. The van der Waals surface area contributed by atoms with Crippen LogP contribution < -0.4 is 15.5 Å². The Balaban J connectivity index is 1.53. The molecular weight excluding hydrogens is 426 g/mol. The zero-order valence-corrected chi connectivity index (χ0v) is 18.4. The van der Waals surface area contributed by atoms with E-state index in [2.05, 4.69) is 20.6 Å². The number of nitrogens with zero attached hydrogens (tertiary/aromatic N) is 2. The Hall–Kier alpha value is -3.53. The number of carbonyl (C=O) groups excluding carboxylic acids is 4. The number of nitrogens with one attached hydrogen (secondary N) is 3. The van der Waals surface area contributed by atoms with Gasteiger partial charge in [-0.2, -0.15) is 0 Å². The number of anilines is 1. The van der Waals surface area contributed by atoms with Gasteiger partial charge in [-0.05, 0) is 44.0 Å². The monoisotopic (exact) mass is 451 g/mol. The van der Waals surface area contributed by atoms with Gasteiger partial charge in [-0.25, -0.2) is 9.78 Å². The van der Waals surface area contributed by atoms with E-state index < -0.39 is 35.4 Å². The summed E-state index contributed by atoms with van der Waals surface area (Å²) >= 11 is 0. The number of rotatable bonds is 4. The Labute approximate surface area is 190 Å². The first-order chi connectivity index (χ1) is 15.8. The molecule has 2 saturated heterocycles. The van der Waals surface area contributed by atoms with Gasteiger partial charge in [0, 0.05) is 43.0 Å². The lowest BCUT2D eigenvalue weighted by atomic mass is 9.66. The molecule has 4 heterocycles. The highest BCUT2D eigenvalue weighted by atomic mass is 16.5. The Morgan fingerprint density at radius 2 is 1.97 bits per heavy atom. The van der Waals surface area contributed by atoms with Crippen molar-refractivity contribution in [2.24, 2.45) is 5.41 Å². The van der Waals surface area contributed by atoms with Gasteiger partial charge < -0.3 is 14.6 Å². The fourth-order valence-corrected chi connectivity index (χ4v) is 5.43. The number of hydrogen-bond donors (Lipinski definition) is 3. The first-order valence-electron chi connectivity index (χ1n) is 11.0. The molecule has 4 amide bonds. The average molecular weight is 451 g/mol. The van der Waals surface area contributed by atoms with Crippen LogP contribution in [-0.2, 0) is 27.2 Å². The van der Waals surface area contributed by atoms with Gasteiger partial charge in [0.15, 0.2) is 11.2 Å². The Bertz CT molecular complexity index is 1120. The van der Waals surface area contributed by atoms with Gasteiger partial charge in [0.2, 0.25) is 11.8 Å². The molecule has 1 aromatic carbocycles. The third-order valence-electron chi connectivity index (χ3n) is 6.77. The minimum Gasteiger partial charge on any atom is -0.372 e. The maximum absolute atomic E-state index is 13.2. The SMILES string of the molecule is C[C@@H]1CN2c3ccc(C(=O)CCc4ncc[nH]4)cc3CC3(C(=O)NC(=O)NC3=O)[C@H]2[C@H](C)O1. The molecule has 0 saturated carbocycles. The molecule has 3 aliphatic rings. The number of ketones is 1. The van der Waals surface area contributed by atoms with Crippen molar-refractivity contribution in [3.63, 3.8) is 0 Å². The molecule has 3 aliphatic heterocycles. The molecule has 0 unspecified atom stereocenters. The van der Waals surface area contributed by atoms with Gasteiger partial charge in [0.1, 0.15) is 5.82 Å². The van der Waals surface area contributed by atoms with Crippen LogP contribution in [0.2, 0.25) is 0 Å². The van der Waals surface area contributed by atoms with Crippen molar-refractivity contribution in [3.8, 4) is 0 Å². The number of barbiturate groups is 1. The minimum absolute atomic E-state index is 0.0539. The van der Waals surface area contributed by atoms with Crippen LogP contribution in [-0.4, -0.2) is 58.4 Å². The second-order valence-corrected chi connectivity index (χ2v) is 8.94. The number of fused-ring (bicyclic) bond motifs is 4. The van der Waals surface area contributed by atoms with E-state index in [9.17, 15) is 19.2 Å². The summed E-state index contributed by atoms with van der Waals surface area (Å²) in [6.45, 7) is 4.25. The van der Waals surface area contributed by atoms with E-state index >= 15 is 0 Å². The molecule has 2 fully saturated rings. The van der Waals surface area contributed by atoms with Crippen LogP contribution in [0, 0.1) is 5.41 Å². The lowest BCUT2D eigenvalue weighted by Crippen LogP contribution is -2.75. The molecule has 0 radical (unpaired) electrons. The summed E-state index contributed by atoms with van der Waals surface area (Å²) in [4.78, 5) is 60.2. The fraction of sp³-hybridized carbons (Fsp3) is 0.435. The largest absolute Gasteiger partial charge is 0.372 e. The number of H-pyrrole nitrogens is 1. The first kappa shape index (κ1) is 21.3. The second-order valence-electron chi connectivity index (χ2n) is 8.94. The highest BCUT2D eigenvalue weighted by Crippen LogP contribution is 2.46. The summed E-state index contributed by atoms with van der Waals surface area (Å²) < 4.78 is 6.00. The van der Waals surface area contributed by atoms with E-state index in [1.807, 2.05) is 24.8 Å². The summed E-state index contributed by atoms with van der Waals surface area (Å²) in [5, 5.41) is 4.54. The van der Waals surface area contributed by atoms with E-state index in [4.69, 9.17) is 4.74 Å². The Morgan fingerprint density at radius 1 is 1.21 bits per heavy atom. The van der Waals surface area contributed by atoms with Gasteiger partial charge in [-0.15, -0.1) is 0 Å². The average Bonchev–Trinajstić information content (AvgIpc) is 3.28. The quantitative estimate of drug-likeness (QED) is 0.468. The van der Waals surface area contributed by atoms with Crippen LogP contribution in [0.1, 0.15) is 42.0 Å². The number of amides is 4. The normalized spacial score (nSPS) is 25.8. The van der Waals surface area contributed by atoms with E-state index in [0.29, 0.717) is 18.5 Å². The molecule has 0 bridgehead atoms. The molecular formula is C23H25N5O5. The zero-order chi connectivity index (χ0) is 23.3. The third-order valence-corrected chi connectivity index (χ3v) is 6.77. The van der Waals surface area contributed by atoms with Crippen molar-refractivity contribution in [1.82, 2.24) is 20.6 Å². The number of ether oxygens (including phenoxy) is 1. The molecule has 1 spiro atoms. The number of aromatic nitrogens is 2. The number of imide groups is 2. The van der Waals surface area contributed by atoms with Gasteiger partial charge in [-0.1, -0.05) is 0 Å². The highest BCUT2D eigenvalue weighted by Gasteiger charge is 2.62. The summed E-state index contributed by atoms with van der Waals surface area (Å²) in [5.74, 6) is -0.602. The number of benzene rings is 1. The molecule has 2 aromatic rings. The van der Waals surface area contributed by atoms with Crippen molar-refractivity contribution >= 4 is 29.3 Å². The number of hydrogen-bond acceptors (Lipinski definition) is 7. The van der Waals surface area contributed by atoms with Crippen LogP contribution in [0.25, 0.3) is 0 Å². The van der Waals surface area contributed by atoms with Crippen LogP contribution in [0.3, 0.4) is 0 Å².